The van der Waals surface area contributed by atoms with Crippen LogP contribution in [0.3, 0.4) is 0 Å². The average molecular weight is 173 g/mol. The average Bonchev–Trinajstić information content (AvgIpc) is 2.00. The van der Waals surface area contributed by atoms with Crippen LogP contribution in [-0.4, -0.2) is 18.7 Å². The summed E-state index contributed by atoms with van der Waals surface area (Å²) >= 11 is 0. The first-order valence-corrected chi connectivity index (χ1v) is 4.35. The molecule has 0 aromatic carbocycles. The summed E-state index contributed by atoms with van der Waals surface area (Å²) in [4.78, 5) is 10.6. The van der Waals surface area contributed by atoms with Crippen LogP contribution in [0.25, 0.3) is 0 Å². The van der Waals surface area contributed by atoms with Crippen molar-refractivity contribution in [3.8, 4) is 0 Å². The van der Waals surface area contributed by atoms with Crippen LogP contribution in [0.15, 0.2) is 0 Å². The van der Waals surface area contributed by atoms with Gasteiger partial charge in [0.1, 0.15) is 0 Å². The highest BCUT2D eigenvalue weighted by atomic mass is 16.6. The van der Waals surface area contributed by atoms with Crippen molar-refractivity contribution in [2.45, 2.75) is 32.9 Å². The first kappa shape index (κ1) is 9.48. The summed E-state index contributed by atoms with van der Waals surface area (Å²) in [6.07, 6.45) is 1.59. The summed E-state index contributed by atoms with van der Waals surface area (Å²) in [5.74, 6) is -0.0689. The van der Waals surface area contributed by atoms with E-state index in [1.165, 1.54) is 6.92 Å². The summed E-state index contributed by atoms with van der Waals surface area (Å²) in [5, 5.41) is 11.0. The zero-order valence-corrected chi connectivity index (χ0v) is 7.50. The molecule has 1 N–H and O–H groups in total. The third-order valence-corrected chi connectivity index (χ3v) is 2.16. The highest BCUT2D eigenvalue weighted by molar-refractivity contribution is 5.66. The molecule has 0 saturated carbocycles. The minimum absolute atomic E-state index is 0.0728. The largest absolute Gasteiger partial charge is 0.632 e. The maximum atomic E-state index is 11.0. The van der Waals surface area contributed by atoms with Gasteiger partial charge in [-0.3, -0.25) is 4.79 Å². The Kier molecular flexibility index (Phi) is 3.05. The topological polar surface area (TPSA) is 53.8 Å². The molecule has 1 saturated heterocycles. The second-order valence-electron chi connectivity index (χ2n) is 3.25. The van der Waals surface area contributed by atoms with Crippen LogP contribution in [0.1, 0.15) is 26.7 Å². The van der Waals surface area contributed by atoms with Gasteiger partial charge in [-0.15, -0.1) is 0 Å². The number of rotatable bonds is 3. The highest BCUT2D eigenvalue weighted by Crippen LogP contribution is 2.15. The van der Waals surface area contributed by atoms with E-state index in [-0.39, 0.29) is 17.0 Å². The summed E-state index contributed by atoms with van der Waals surface area (Å²) in [6.45, 7) is 3.99. The third kappa shape index (κ3) is 1.95. The minimum atomic E-state index is -0.428. The highest BCUT2D eigenvalue weighted by Gasteiger charge is 2.40. The Labute approximate surface area is 72.1 Å². The summed E-state index contributed by atoms with van der Waals surface area (Å²) < 4.78 is 4.88. The van der Waals surface area contributed by atoms with Crippen LogP contribution in [-0.2, 0) is 9.53 Å². The zero-order chi connectivity index (χ0) is 9.14. The van der Waals surface area contributed by atoms with Crippen molar-refractivity contribution in [1.82, 2.24) is 0 Å². The molecular formula is C8H15NO3. The van der Waals surface area contributed by atoms with Gasteiger partial charge < -0.3 is 15.0 Å². The van der Waals surface area contributed by atoms with Gasteiger partial charge in [-0.1, -0.05) is 13.3 Å². The van der Waals surface area contributed by atoms with Crippen LogP contribution < -0.4 is 5.06 Å². The van der Waals surface area contributed by atoms with E-state index in [9.17, 15) is 10.0 Å². The molecule has 0 radical (unpaired) electrons. The SMILES string of the molecule is CCCC1C[NH+]([O-])C1OC(C)=O. The number of carbonyl (C=O) groups excluding carboxylic acids is 1. The fourth-order valence-electron chi connectivity index (χ4n) is 1.55. The van der Waals surface area contributed by atoms with Crippen molar-refractivity contribution < 1.29 is 14.6 Å². The van der Waals surface area contributed by atoms with Gasteiger partial charge in [0, 0.05) is 6.92 Å². The third-order valence-electron chi connectivity index (χ3n) is 2.16. The number of nitrogens with one attached hydrogen (secondary N) is 1. The Morgan fingerprint density at radius 3 is 2.83 bits per heavy atom. The van der Waals surface area contributed by atoms with E-state index in [1.54, 1.807) is 0 Å². The lowest BCUT2D eigenvalue weighted by Crippen LogP contribution is -3.21. The molecule has 70 valence electrons. The normalized spacial score (nSPS) is 34.1. The molecule has 4 heteroatoms. The molecule has 0 amide bonds. The van der Waals surface area contributed by atoms with E-state index in [2.05, 4.69) is 6.92 Å². The van der Waals surface area contributed by atoms with Gasteiger partial charge in [-0.05, 0) is 6.42 Å². The molecule has 3 atom stereocenters. The van der Waals surface area contributed by atoms with Crippen LogP contribution in [0, 0.1) is 11.1 Å². The van der Waals surface area contributed by atoms with Gasteiger partial charge in [-0.2, -0.15) is 0 Å². The Balaban J connectivity index is 2.33. The second-order valence-corrected chi connectivity index (χ2v) is 3.25. The smallest absolute Gasteiger partial charge is 0.307 e. The molecule has 4 nitrogen and oxygen atoms in total. The van der Waals surface area contributed by atoms with Gasteiger partial charge in [0.2, 0.25) is 6.23 Å². The Morgan fingerprint density at radius 1 is 1.75 bits per heavy atom. The van der Waals surface area contributed by atoms with Gasteiger partial charge in [-0.25, -0.2) is 0 Å². The summed E-state index contributed by atoms with van der Waals surface area (Å²) in [6, 6.07) is 0. The molecule has 12 heavy (non-hydrogen) atoms. The predicted molar refractivity (Wildman–Crippen MR) is 43.1 cm³/mol. The Hall–Kier alpha value is -0.610. The number of esters is 1. The van der Waals surface area contributed by atoms with E-state index in [0.717, 1.165) is 12.8 Å². The molecule has 1 aliphatic rings. The molecule has 3 unspecified atom stereocenters. The number of hydroxylamine groups is 2. The molecule has 0 spiro atoms. The molecule has 0 aromatic rings. The van der Waals surface area contributed by atoms with Gasteiger partial charge in [0.15, 0.2) is 0 Å². The molecule has 1 rings (SSSR count). The standard InChI is InChI=1S/C8H15NO3/c1-3-4-7-5-9(11)8(7)12-6(2)10/h7-9H,3-5H2,1-2H3. The fourth-order valence-corrected chi connectivity index (χ4v) is 1.55. The van der Waals surface area contributed by atoms with Crippen LogP contribution in [0.2, 0.25) is 0 Å². The minimum Gasteiger partial charge on any atom is -0.632 e. The molecule has 1 fully saturated rings. The molecule has 0 aromatic heterocycles. The van der Waals surface area contributed by atoms with Crippen molar-refractivity contribution >= 4 is 5.97 Å². The van der Waals surface area contributed by atoms with E-state index in [0.29, 0.717) is 6.54 Å². The monoisotopic (exact) mass is 173 g/mol. The maximum absolute atomic E-state index is 11.0. The Bertz CT molecular complexity index is 170. The molecule has 1 heterocycles. The first-order valence-electron chi connectivity index (χ1n) is 4.35. The molecule has 0 bridgehead atoms. The van der Waals surface area contributed by atoms with E-state index >= 15 is 0 Å². The van der Waals surface area contributed by atoms with E-state index < -0.39 is 6.23 Å². The molecule has 0 aliphatic carbocycles. The predicted octanol–water partition coefficient (Wildman–Crippen LogP) is -0.312. The van der Waals surface area contributed by atoms with E-state index in [4.69, 9.17) is 4.74 Å². The van der Waals surface area contributed by atoms with Crippen molar-refractivity contribution in [3.05, 3.63) is 5.21 Å². The second kappa shape index (κ2) is 3.87. The summed E-state index contributed by atoms with van der Waals surface area (Å²) in [5.41, 5.74) is 0. The van der Waals surface area contributed by atoms with Gasteiger partial charge in [0.25, 0.3) is 0 Å². The fraction of sp³-hybridized carbons (Fsp3) is 0.875. The zero-order valence-electron chi connectivity index (χ0n) is 7.50. The quantitative estimate of drug-likeness (QED) is 0.470. The van der Waals surface area contributed by atoms with Crippen molar-refractivity contribution in [2.24, 2.45) is 5.92 Å². The Morgan fingerprint density at radius 2 is 2.42 bits per heavy atom. The van der Waals surface area contributed by atoms with Crippen molar-refractivity contribution in [2.75, 3.05) is 6.54 Å². The first-order chi connectivity index (χ1) is 5.65. The summed E-state index contributed by atoms with van der Waals surface area (Å²) in [7, 11) is 0. The lowest BCUT2D eigenvalue weighted by atomic mass is 9.94. The number of ether oxygens (including phenoxy) is 1. The number of hydrogen-bond acceptors (Lipinski definition) is 3. The van der Waals surface area contributed by atoms with Crippen LogP contribution >= 0.6 is 0 Å². The van der Waals surface area contributed by atoms with E-state index in [1.807, 2.05) is 0 Å². The maximum Gasteiger partial charge on any atom is 0.307 e. The van der Waals surface area contributed by atoms with Gasteiger partial charge >= 0.3 is 5.97 Å². The van der Waals surface area contributed by atoms with Gasteiger partial charge in [0.05, 0.1) is 12.5 Å². The lowest BCUT2D eigenvalue weighted by molar-refractivity contribution is -0.956. The van der Waals surface area contributed by atoms with Crippen LogP contribution in [0.4, 0.5) is 0 Å². The lowest BCUT2D eigenvalue weighted by Gasteiger charge is -2.45. The van der Waals surface area contributed by atoms with Crippen molar-refractivity contribution in [1.29, 1.82) is 0 Å². The number of hydrogen-bond donors (Lipinski definition) is 1. The molecular weight excluding hydrogens is 158 g/mol. The number of carbonyl (C=O) groups is 1. The van der Waals surface area contributed by atoms with Crippen molar-refractivity contribution in [3.63, 3.8) is 0 Å². The molecule has 1 aliphatic heterocycles. The van der Waals surface area contributed by atoms with Crippen LogP contribution in [0.5, 0.6) is 0 Å². The number of quaternary nitrogens is 1.